The van der Waals surface area contributed by atoms with Gasteiger partial charge in [0.05, 0.1) is 21.5 Å². The Balaban J connectivity index is 1.76. The summed E-state index contributed by atoms with van der Waals surface area (Å²) < 4.78 is 20.0. The highest BCUT2D eigenvalue weighted by Gasteiger charge is 2.58. The van der Waals surface area contributed by atoms with Gasteiger partial charge >= 0.3 is 11.9 Å². The van der Waals surface area contributed by atoms with Crippen molar-refractivity contribution in [2.24, 2.45) is 5.92 Å². The molecule has 1 amide bonds. The van der Waals surface area contributed by atoms with Gasteiger partial charge < -0.3 is 14.6 Å². The molecule has 0 aromatic carbocycles. The number of amides is 1. The van der Waals surface area contributed by atoms with Gasteiger partial charge in [-0.25, -0.2) is 4.79 Å². The zero-order valence-electron chi connectivity index (χ0n) is 14.2. The molecule has 2 N–H and O–H groups in total. The molecule has 144 valence electrons. The lowest BCUT2D eigenvalue weighted by Crippen LogP contribution is -2.60. The SMILES string of the molecule is CC(=O)OCOC(=O)C1=C(S[C@H]2CC[S+](O)C2)S[C@@H]2[C@@H]([C@@H](C)O)C(=O)N12. The van der Waals surface area contributed by atoms with E-state index in [2.05, 4.69) is 4.74 Å². The number of thioether (sulfide) groups is 2. The van der Waals surface area contributed by atoms with Crippen LogP contribution in [0.15, 0.2) is 9.93 Å². The Labute approximate surface area is 162 Å². The number of hydrogen-bond acceptors (Lipinski definition) is 9. The van der Waals surface area contributed by atoms with Crippen molar-refractivity contribution in [1.82, 2.24) is 4.90 Å². The number of carbonyl (C=O) groups excluding carboxylic acids is 3. The first-order chi connectivity index (χ1) is 12.3. The topological polar surface area (TPSA) is 113 Å². The number of aliphatic hydroxyl groups excluding tert-OH is 1. The van der Waals surface area contributed by atoms with Crippen molar-refractivity contribution in [3.63, 3.8) is 0 Å². The van der Waals surface area contributed by atoms with E-state index in [9.17, 15) is 24.0 Å². The van der Waals surface area contributed by atoms with E-state index in [0.717, 1.165) is 12.2 Å². The van der Waals surface area contributed by atoms with E-state index < -0.39 is 41.9 Å². The maximum Gasteiger partial charge on any atom is 0.359 e. The zero-order valence-corrected chi connectivity index (χ0v) is 16.7. The molecule has 2 fully saturated rings. The number of fused-ring (bicyclic) bond motifs is 1. The lowest BCUT2D eigenvalue weighted by molar-refractivity contribution is -0.168. The average molecular weight is 423 g/mol. The van der Waals surface area contributed by atoms with E-state index in [0.29, 0.717) is 9.99 Å². The average Bonchev–Trinajstić information content (AvgIpc) is 3.08. The quantitative estimate of drug-likeness (QED) is 0.277. The molecule has 0 spiro atoms. The minimum atomic E-state index is -0.811. The third-order valence-electron chi connectivity index (χ3n) is 4.24. The largest absolute Gasteiger partial charge is 0.428 e. The summed E-state index contributed by atoms with van der Waals surface area (Å²) in [5.41, 5.74) is 0.142. The summed E-state index contributed by atoms with van der Waals surface area (Å²) in [6, 6.07) is 0. The Bertz CT molecular complexity index is 653. The number of aliphatic hydroxyl groups is 1. The third-order valence-corrected chi connectivity index (χ3v) is 8.82. The molecule has 3 aliphatic rings. The summed E-state index contributed by atoms with van der Waals surface area (Å²) in [7, 11) is 0. The molecule has 1 unspecified atom stereocenters. The van der Waals surface area contributed by atoms with Gasteiger partial charge in [-0.15, -0.1) is 11.8 Å². The maximum absolute atomic E-state index is 12.5. The van der Waals surface area contributed by atoms with Crippen molar-refractivity contribution in [1.29, 1.82) is 0 Å². The van der Waals surface area contributed by atoms with Crippen LogP contribution in [0.25, 0.3) is 0 Å². The van der Waals surface area contributed by atoms with Crippen LogP contribution in [0.5, 0.6) is 0 Å². The molecule has 0 bridgehead atoms. The van der Waals surface area contributed by atoms with Crippen molar-refractivity contribution in [2.45, 2.75) is 37.0 Å². The number of carbonyl (C=O) groups is 3. The smallest absolute Gasteiger partial charge is 0.359 e. The molecule has 26 heavy (non-hydrogen) atoms. The normalized spacial score (nSPS) is 31.5. The van der Waals surface area contributed by atoms with Crippen LogP contribution >= 0.6 is 23.5 Å². The number of nitrogens with zero attached hydrogens (tertiary/aromatic N) is 1. The lowest BCUT2D eigenvalue weighted by atomic mass is 9.92. The van der Waals surface area contributed by atoms with Crippen LogP contribution in [-0.4, -0.2) is 67.4 Å². The second kappa shape index (κ2) is 8.01. The lowest BCUT2D eigenvalue weighted by Gasteiger charge is -2.43. The Morgan fingerprint density at radius 3 is 2.77 bits per heavy atom. The van der Waals surface area contributed by atoms with Gasteiger partial charge in [0, 0.05) is 13.3 Å². The van der Waals surface area contributed by atoms with Crippen LogP contribution in [0.3, 0.4) is 0 Å². The molecular weight excluding hydrogens is 402 g/mol. The summed E-state index contributed by atoms with van der Waals surface area (Å²) in [4.78, 5) is 37.1. The standard InChI is InChI=1S/C15H20NO7S3/c1-7(17)10-12(19)16-11(14(20)23-6-22-8(2)18)15(25-13(10)16)24-9-3-4-26(21)5-9/h7,9-10,13,17,21H,3-6H2,1-2H3/q+1/t7-,9+,10+,13-,26?/m1/s1. The van der Waals surface area contributed by atoms with Gasteiger partial charge in [0.15, 0.2) is 11.4 Å². The van der Waals surface area contributed by atoms with Gasteiger partial charge in [0.25, 0.3) is 0 Å². The molecule has 3 heterocycles. The molecule has 0 aliphatic carbocycles. The number of ether oxygens (including phenoxy) is 2. The first-order valence-electron chi connectivity index (χ1n) is 8.05. The van der Waals surface area contributed by atoms with Crippen LogP contribution in [0.4, 0.5) is 0 Å². The summed E-state index contributed by atoms with van der Waals surface area (Å²) in [5.74, 6) is -0.795. The molecule has 0 radical (unpaired) electrons. The van der Waals surface area contributed by atoms with E-state index >= 15 is 0 Å². The third kappa shape index (κ3) is 3.86. The molecule has 5 atom stereocenters. The molecule has 8 nitrogen and oxygen atoms in total. The first kappa shape index (κ1) is 19.9. The number of esters is 2. The van der Waals surface area contributed by atoms with Gasteiger partial charge in [-0.3, -0.25) is 14.5 Å². The summed E-state index contributed by atoms with van der Waals surface area (Å²) in [5, 5.41) is 9.66. The first-order valence-corrected chi connectivity index (χ1v) is 11.3. The highest BCUT2D eigenvalue weighted by atomic mass is 32.2. The van der Waals surface area contributed by atoms with Crippen molar-refractivity contribution < 1.29 is 33.5 Å². The van der Waals surface area contributed by atoms with Crippen molar-refractivity contribution in [3.8, 4) is 0 Å². The van der Waals surface area contributed by atoms with E-state index in [1.54, 1.807) is 6.92 Å². The Morgan fingerprint density at radius 1 is 1.46 bits per heavy atom. The van der Waals surface area contributed by atoms with Gasteiger partial charge in [-0.1, -0.05) is 11.8 Å². The monoisotopic (exact) mass is 422 g/mol. The fourth-order valence-corrected chi connectivity index (χ4v) is 8.24. The van der Waals surface area contributed by atoms with E-state index in [1.807, 2.05) is 0 Å². The van der Waals surface area contributed by atoms with Gasteiger partial charge in [0.1, 0.15) is 22.3 Å². The highest BCUT2D eigenvalue weighted by molar-refractivity contribution is 8.23. The van der Waals surface area contributed by atoms with Crippen molar-refractivity contribution in [2.75, 3.05) is 18.3 Å². The minimum absolute atomic E-state index is 0.142. The maximum atomic E-state index is 12.5. The Morgan fingerprint density at radius 2 is 2.19 bits per heavy atom. The minimum Gasteiger partial charge on any atom is -0.428 e. The predicted molar refractivity (Wildman–Crippen MR) is 98.9 cm³/mol. The summed E-state index contributed by atoms with van der Waals surface area (Å²) in [6.45, 7) is 2.24. The van der Waals surface area contributed by atoms with Crippen LogP contribution in [0.1, 0.15) is 20.3 Å². The number of rotatable bonds is 6. The molecule has 0 aromatic heterocycles. The van der Waals surface area contributed by atoms with Gasteiger partial charge in [-0.2, -0.15) is 4.55 Å². The Kier molecular flexibility index (Phi) is 6.12. The molecule has 11 heteroatoms. The molecule has 2 saturated heterocycles. The second-order valence-corrected chi connectivity index (χ2v) is 10.5. The number of hydrogen-bond donors (Lipinski definition) is 2. The van der Waals surface area contributed by atoms with Gasteiger partial charge in [-0.05, 0) is 6.92 Å². The fourth-order valence-electron chi connectivity index (χ4n) is 2.95. The Hall–Kier alpha value is -0.880. The van der Waals surface area contributed by atoms with E-state index in [4.69, 9.17) is 4.74 Å². The second-order valence-electron chi connectivity index (χ2n) is 6.17. The van der Waals surface area contributed by atoms with Crippen LogP contribution in [0.2, 0.25) is 0 Å². The van der Waals surface area contributed by atoms with Crippen LogP contribution < -0.4 is 0 Å². The number of β-lactam (4-membered cyclic amide) rings is 1. The van der Waals surface area contributed by atoms with Crippen LogP contribution in [-0.2, 0) is 35.0 Å². The molecule has 0 aromatic rings. The predicted octanol–water partition coefficient (Wildman–Crippen LogP) is 0.728. The summed E-state index contributed by atoms with van der Waals surface area (Å²) >= 11 is 2.22. The molecule has 3 rings (SSSR count). The van der Waals surface area contributed by atoms with E-state index in [-0.39, 0.29) is 22.2 Å². The summed E-state index contributed by atoms with van der Waals surface area (Å²) in [6.07, 6.45) is 0.0245. The molecule has 0 saturated carbocycles. The molecule has 3 aliphatic heterocycles. The van der Waals surface area contributed by atoms with Crippen molar-refractivity contribution in [3.05, 3.63) is 9.93 Å². The van der Waals surface area contributed by atoms with Crippen LogP contribution in [0, 0.1) is 5.92 Å². The van der Waals surface area contributed by atoms with Crippen molar-refractivity contribution >= 4 is 52.5 Å². The fraction of sp³-hybridized carbons (Fsp3) is 0.667. The zero-order chi connectivity index (χ0) is 19.0. The molecular formula is C15H20NO7S3+. The van der Waals surface area contributed by atoms with E-state index in [1.165, 1.54) is 35.3 Å². The highest BCUT2D eigenvalue weighted by Crippen LogP contribution is 2.55. The van der Waals surface area contributed by atoms with Gasteiger partial charge in [0.2, 0.25) is 12.7 Å².